The Morgan fingerprint density at radius 2 is 1.90 bits per heavy atom. The number of aromatic carboxylic acids is 1. The van der Waals surface area contributed by atoms with Gasteiger partial charge in [-0.1, -0.05) is 32.4 Å². The largest absolute Gasteiger partial charge is 0.478 e. The number of nitrogens with one attached hydrogen (secondary N) is 1. The summed E-state index contributed by atoms with van der Waals surface area (Å²) in [7, 11) is 0. The molecule has 1 saturated carbocycles. The minimum Gasteiger partial charge on any atom is -0.478 e. The monoisotopic (exact) mass is 291 g/mol. The van der Waals surface area contributed by atoms with Gasteiger partial charge in [0, 0.05) is 18.0 Å². The SMILES string of the molecule is CC(C)C(NCc1ccc(C(=O)O)cc1)C1(CO)CCC1. The van der Waals surface area contributed by atoms with Crippen LogP contribution in [-0.4, -0.2) is 28.8 Å². The molecular weight excluding hydrogens is 266 g/mol. The third kappa shape index (κ3) is 3.44. The minimum absolute atomic E-state index is 0.0230. The van der Waals surface area contributed by atoms with Crippen LogP contribution in [0.25, 0.3) is 0 Å². The highest BCUT2D eigenvalue weighted by Crippen LogP contribution is 2.45. The lowest BCUT2D eigenvalue weighted by Crippen LogP contribution is -2.54. The lowest BCUT2D eigenvalue weighted by atomic mass is 9.62. The molecule has 1 aliphatic carbocycles. The summed E-state index contributed by atoms with van der Waals surface area (Å²) in [4.78, 5) is 10.8. The van der Waals surface area contributed by atoms with Gasteiger partial charge in [0.2, 0.25) is 0 Å². The number of carbonyl (C=O) groups is 1. The molecule has 1 aromatic carbocycles. The molecule has 0 bridgehead atoms. The number of hydrogen-bond donors (Lipinski definition) is 3. The summed E-state index contributed by atoms with van der Waals surface area (Å²) in [6, 6.07) is 7.25. The van der Waals surface area contributed by atoms with Gasteiger partial charge >= 0.3 is 5.97 Å². The molecule has 4 heteroatoms. The van der Waals surface area contributed by atoms with Gasteiger partial charge in [-0.3, -0.25) is 0 Å². The Balaban J connectivity index is 2.00. The Labute approximate surface area is 126 Å². The molecule has 3 N–H and O–H groups in total. The van der Waals surface area contributed by atoms with Gasteiger partial charge in [-0.15, -0.1) is 0 Å². The Kier molecular flexibility index (Phi) is 5.01. The van der Waals surface area contributed by atoms with Crippen molar-refractivity contribution in [2.24, 2.45) is 11.3 Å². The van der Waals surface area contributed by atoms with Gasteiger partial charge < -0.3 is 15.5 Å². The Bertz CT molecular complexity index is 472. The number of aliphatic hydroxyl groups excluding tert-OH is 1. The first kappa shape index (κ1) is 16.0. The van der Waals surface area contributed by atoms with Crippen LogP contribution in [0.15, 0.2) is 24.3 Å². The molecule has 1 atom stereocenters. The van der Waals surface area contributed by atoms with Gasteiger partial charge in [-0.05, 0) is 36.5 Å². The standard InChI is InChI=1S/C17H25NO3/c1-12(2)15(17(11-19)8-3-9-17)18-10-13-4-6-14(7-5-13)16(20)21/h4-7,12,15,18-19H,3,8-11H2,1-2H3,(H,20,21). The smallest absolute Gasteiger partial charge is 0.335 e. The molecule has 116 valence electrons. The highest BCUT2D eigenvalue weighted by Gasteiger charge is 2.44. The molecule has 0 aliphatic heterocycles. The van der Waals surface area contributed by atoms with Gasteiger partial charge in [0.1, 0.15) is 0 Å². The molecule has 1 aliphatic rings. The second-order valence-electron chi connectivity index (χ2n) is 6.48. The topological polar surface area (TPSA) is 69.6 Å². The van der Waals surface area contributed by atoms with Crippen molar-refractivity contribution in [1.82, 2.24) is 5.32 Å². The molecular formula is C17H25NO3. The molecule has 0 heterocycles. The predicted molar refractivity (Wildman–Crippen MR) is 82.2 cm³/mol. The molecule has 0 saturated heterocycles. The summed E-state index contributed by atoms with van der Waals surface area (Å²) in [6.45, 7) is 5.30. The fourth-order valence-electron chi connectivity index (χ4n) is 3.35. The van der Waals surface area contributed by atoms with Crippen molar-refractivity contribution in [2.45, 2.75) is 45.7 Å². The molecule has 1 aromatic rings. The molecule has 1 fully saturated rings. The quantitative estimate of drug-likeness (QED) is 0.722. The van der Waals surface area contributed by atoms with Crippen molar-refractivity contribution in [3.05, 3.63) is 35.4 Å². The molecule has 0 spiro atoms. The Morgan fingerprint density at radius 1 is 1.29 bits per heavy atom. The van der Waals surface area contributed by atoms with E-state index in [-0.39, 0.29) is 18.1 Å². The van der Waals surface area contributed by atoms with Crippen LogP contribution in [0.2, 0.25) is 0 Å². The maximum Gasteiger partial charge on any atom is 0.335 e. The zero-order valence-corrected chi connectivity index (χ0v) is 12.8. The predicted octanol–water partition coefficient (Wildman–Crippen LogP) is 2.66. The fourth-order valence-corrected chi connectivity index (χ4v) is 3.35. The van der Waals surface area contributed by atoms with E-state index < -0.39 is 5.97 Å². The van der Waals surface area contributed by atoms with Gasteiger partial charge in [-0.25, -0.2) is 4.79 Å². The minimum atomic E-state index is -0.900. The van der Waals surface area contributed by atoms with E-state index in [2.05, 4.69) is 19.2 Å². The van der Waals surface area contributed by atoms with Crippen LogP contribution in [0.5, 0.6) is 0 Å². The van der Waals surface area contributed by atoms with Gasteiger partial charge in [0.25, 0.3) is 0 Å². The van der Waals surface area contributed by atoms with Gasteiger partial charge in [0.15, 0.2) is 0 Å². The van der Waals surface area contributed by atoms with Crippen LogP contribution in [0.4, 0.5) is 0 Å². The molecule has 0 radical (unpaired) electrons. The van der Waals surface area contributed by atoms with E-state index in [1.807, 2.05) is 12.1 Å². The van der Waals surface area contributed by atoms with E-state index in [4.69, 9.17) is 5.11 Å². The second-order valence-corrected chi connectivity index (χ2v) is 6.48. The van der Waals surface area contributed by atoms with Crippen LogP contribution in [-0.2, 0) is 6.54 Å². The van der Waals surface area contributed by atoms with E-state index in [1.54, 1.807) is 12.1 Å². The maximum absolute atomic E-state index is 10.8. The number of rotatable bonds is 7. The number of benzene rings is 1. The summed E-state index contributed by atoms with van der Waals surface area (Å²) in [5.41, 5.74) is 1.40. The van der Waals surface area contributed by atoms with Gasteiger partial charge in [0.05, 0.1) is 12.2 Å². The molecule has 0 amide bonds. The molecule has 2 rings (SSSR count). The zero-order chi connectivity index (χ0) is 15.5. The van der Waals surface area contributed by atoms with Crippen LogP contribution in [0, 0.1) is 11.3 Å². The summed E-state index contributed by atoms with van der Waals surface area (Å²) < 4.78 is 0. The number of hydrogen-bond acceptors (Lipinski definition) is 3. The normalized spacial score (nSPS) is 18.3. The summed E-state index contributed by atoms with van der Waals surface area (Å²) in [5, 5.41) is 22.2. The van der Waals surface area contributed by atoms with Crippen molar-refractivity contribution < 1.29 is 15.0 Å². The van der Waals surface area contributed by atoms with E-state index in [0.29, 0.717) is 18.0 Å². The van der Waals surface area contributed by atoms with E-state index in [1.165, 1.54) is 6.42 Å². The van der Waals surface area contributed by atoms with Crippen molar-refractivity contribution in [3.63, 3.8) is 0 Å². The first-order valence-electron chi connectivity index (χ1n) is 7.65. The average molecular weight is 291 g/mol. The van der Waals surface area contributed by atoms with E-state index in [9.17, 15) is 9.90 Å². The number of carboxylic acid groups (broad SMARTS) is 1. The third-order valence-electron chi connectivity index (χ3n) is 4.72. The number of aliphatic hydroxyl groups is 1. The Morgan fingerprint density at radius 3 is 2.29 bits per heavy atom. The van der Waals surface area contributed by atoms with Crippen LogP contribution >= 0.6 is 0 Å². The first-order chi connectivity index (χ1) is 9.98. The Hall–Kier alpha value is -1.39. The number of carboxylic acids is 1. The highest BCUT2D eigenvalue weighted by atomic mass is 16.4. The first-order valence-corrected chi connectivity index (χ1v) is 7.65. The van der Waals surface area contributed by atoms with Crippen molar-refractivity contribution >= 4 is 5.97 Å². The van der Waals surface area contributed by atoms with Crippen LogP contribution < -0.4 is 5.32 Å². The second kappa shape index (κ2) is 6.58. The van der Waals surface area contributed by atoms with Crippen molar-refractivity contribution in [2.75, 3.05) is 6.61 Å². The summed E-state index contributed by atoms with van der Waals surface area (Å²) in [6.07, 6.45) is 3.35. The van der Waals surface area contributed by atoms with E-state index in [0.717, 1.165) is 18.4 Å². The van der Waals surface area contributed by atoms with Gasteiger partial charge in [-0.2, -0.15) is 0 Å². The lowest BCUT2D eigenvalue weighted by Gasteiger charge is -2.48. The summed E-state index contributed by atoms with van der Waals surface area (Å²) >= 11 is 0. The summed E-state index contributed by atoms with van der Waals surface area (Å²) in [5.74, 6) is -0.445. The fraction of sp³-hybridized carbons (Fsp3) is 0.588. The van der Waals surface area contributed by atoms with Crippen molar-refractivity contribution in [3.8, 4) is 0 Å². The van der Waals surface area contributed by atoms with Crippen molar-refractivity contribution in [1.29, 1.82) is 0 Å². The van der Waals surface area contributed by atoms with Crippen LogP contribution in [0.3, 0.4) is 0 Å². The van der Waals surface area contributed by atoms with E-state index >= 15 is 0 Å². The lowest BCUT2D eigenvalue weighted by molar-refractivity contribution is -0.0101. The van der Waals surface area contributed by atoms with Crippen LogP contribution in [0.1, 0.15) is 49.0 Å². The molecule has 1 unspecified atom stereocenters. The zero-order valence-electron chi connectivity index (χ0n) is 12.8. The molecule has 21 heavy (non-hydrogen) atoms. The molecule has 4 nitrogen and oxygen atoms in total. The molecule has 0 aromatic heterocycles. The highest BCUT2D eigenvalue weighted by molar-refractivity contribution is 5.87. The third-order valence-corrected chi connectivity index (χ3v) is 4.72. The average Bonchev–Trinajstić information content (AvgIpc) is 2.41. The maximum atomic E-state index is 10.8.